The summed E-state index contributed by atoms with van der Waals surface area (Å²) in [6.07, 6.45) is 3.91. The van der Waals surface area contributed by atoms with E-state index in [9.17, 15) is 5.41 Å². The minimum absolute atomic E-state index is 0.0841. The summed E-state index contributed by atoms with van der Waals surface area (Å²) < 4.78 is 0. The molecular weight excluding hydrogens is 613 g/mol. The Morgan fingerprint density at radius 2 is 1.20 bits per heavy atom. The van der Waals surface area contributed by atoms with Crippen molar-refractivity contribution in [3.05, 3.63) is 162 Å². The van der Waals surface area contributed by atoms with Crippen molar-refractivity contribution >= 4 is 34.0 Å². The average Bonchev–Trinajstić information content (AvgIpc) is 3.40. The summed E-state index contributed by atoms with van der Waals surface area (Å²) >= 11 is 0. The number of hydrogen-bond acceptors (Lipinski definition) is 6. The molecule has 2 N–H and O–H groups in total. The molecule has 7 aromatic rings. The van der Waals surface area contributed by atoms with Gasteiger partial charge in [-0.3, -0.25) is 10.8 Å². The van der Waals surface area contributed by atoms with Crippen LogP contribution < -0.4 is 5.43 Å². The van der Waals surface area contributed by atoms with Crippen LogP contribution in [0.2, 0.25) is 0 Å². The third-order valence-electron chi connectivity index (χ3n) is 9.83. The predicted molar refractivity (Wildman–Crippen MR) is 205 cm³/mol. The van der Waals surface area contributed by atoms with Crippen LogP contribution >= 0.6 is 0 Å². The molecule has 0 fully saturated rings. The molecule has 0 saturated carbocycles. The molecule has 238 valence electrons. The highest BCUT2D eigenvalue weighted by atomic mass is 15.3. The Hall–Kier alpha value is -6.53. The second-order valence-electron chi connectivity index (χ2n) is 13.3. The first-order valence-electron chi connectivity index (χ1n) is 16.7. The maximum Gasteiger partial charge on any atom is 0.164 e. The summed E-state index contributed by atoms with van der Waals surface area (Å²) in [6, 6.07) is 45.4. The standard InChI is InChI=1S/C44H32N6/c1-44(2)36-16-10-9-15-33(36)35-26-31(21-23-37(35)44)43-47-41(29-11-5-3-6-12-29)46-42(48-43)30-20-18-27-17-19-28-22-24-38(40(45)39(28)34(27)25-30)50-49-32-13-7-4-8-14-32/h3-26,45,49H,1-2H3/b45-40?,50-38-. The van der Waals surface area contributed by atoms with Gasteiger partial charge in [0, 0.05) is 27.7 Å². The Balaban J connectivity index is 1.17. The summed E-state index contributed by atoms with van der Waals surface area (Å²) in [5, 5.41) is 15.8. The van der Waals surface area contributed by atoms with Gasteiger partial charge in [0.15, 0.2) is 17.5 Å². The van der Waals surface area contributed by atoms with E-state index in [1.54, 1.807) is 0 Å². The summed E-state index contributed by atoms with van der Waals surface area (Å²) in [6.45, 7) is 4.57. The van der Waals surface area contributed by atoms with Gasteiger partial charge in [0.25, 0.3) is 0 Å². The van der Waals surface area contributed by atoms with E-state index >= 15 is 0 Å². The summed E-state index contributed by atoms with van der Waals surface area (Å²) in [7, 11) is 0. The number of para-hydroxylation sites is 1. The van der Waals surface area contributed by atoms with E-state index < -0.39 is 0 Å². The molecular formula is C44H32N6. The number of rotatable bonds is 5. The highest BCUT2D eigenvalue weighted by Crippen LogP contribution is 2.49. The van der Waals surface area contributed by atoms with E-state index in [2.05, 4.69) is 97.2 Å². The summed E-state index contributed by atoms with van der Waals surface area (Å²) in [4.78, 5) is 15.2. The van der Waals surface area contributed by atoms with E-state index in [1.165, 1.54) is 22.3 Å². The third-order valence-corrected chi connectivity index (χ3v) is 9.83. The van der Waals surface area contributed by atoms with Gasteiger partial charge in [-0.15, -0.1) is 0 Å². The molecule has 9 rings (SSSR count). The van der Waals surface area contributed by atoms with Gasteiger partial charge in [0.05, 0.1) is 11.4 Å². The Morgan fingerprint density at radius 1 is 0.580 bits per heavy atom. The highest BCUT2D eigenvalue weighted by molar-refractivity contribution is 6.55. The number of benzene rings is 6. The molecule has 0 aliphatic heterocycles. The molecule has 0 amide bonds. The van der Waals surface area contributed by atoms with Crippen LogP contribution in [-0.4, -0.2) is 26.4 Å². The van der Waals surface area contributed by atoms with Crippen LogP contribution in [0.25, 0.3) is 62.1 Å². The maximum atomic E-state index is 9.22. The number of allylic oxidation sites excluding steroid dienone is 1. The van der Waals surface area contributed by atoms with E-state index in [0.29, 0.717) is 28.9 Å². The van der Waals surface area contributed by atoms with Crippen LogP contribution in [0.3, 0.4) is 0 Å². The number of fused-ring (bicyclic) bond motifs is 6. The van der Waals surface area contributed by atoms with Crippen molar-refractivity contribution < 1.29 is 0 Å². The third kappa shape index (κ3) is 4.92. The SMILES string of the molecule is CC1(C)c2ccccc2-c2cc(-c3nc(-c4ccccc4)nc(-c4ccc5ccc6c(c5c4)C(=N)/C(=N\Nc4ccccc4)C=C6)n3)ccc21. The molecule has 1 heterocycles. The monoisotopic (exact) mass is 644 g/mol. The van der Waals surface area contributed by atoms with Crippen molar-refractivity contribution in [2.24, 2.45) is 5.10 Å². The molecule has 0 bridgehead atoms. The van der Waals surface area contributed by atoms with Gasteiger partial charge < -0.3 is 0 Å². The van der Waals surface area contributed by atoms with E-state index in [4.69, 9.17) is 15.0 Å². The molecule has 0 spiro atoms. The zero-order chi connectivity index (χ0) is 33.8. The summed E-state index contributed by atoms with van der Waals surface area (Å²) in [5.74, 6) is 1.80. The number of anilines is 1. The van der Waals surface area contributed by atoms with Crippen molar-refractivity contribution in [1.29, 1.82) is 5.41 Å². The molecule has 0 radical (unpaired) electrons. The van der Waals surface area contributed by atoms with Crippen LogP contribution in [0.15, 0.2) is 145 Å². The Morgan fingerprint density at radius 3 is 1.98 bits per heavy atom. The number of nitrogens with zero attached hydrogens (tertiary/aromatic N) is 4. The zero-order valence-electron chi connectivity index (χ0n) is 27.6. The first kappa shape index (κ1) is 29.6. The van der Waals surface area contributed by atoms with Gasteiger partial charge in [-0.1, -0.05) is 129 Å². The van der Waals surface area contributed by atoms with Crippen LogP contribution in [0.4, 0.5) is 5.69 Å². The lowest BCUT2D eigenvalue weighted by Crippen LogP contribution is -2.18. The van der Waals surface area contributed by atoms with Crippen molar-refractivity contribution in [2.45, 2.75) is 19.3 Å². The van der Waals surface area contributed by atoms with Gasteiger partial charge in [-0.2, -0.15) is 5.10 Å². The molecule has 1 aromatic heterocycles. The first-order chi connectivity index (χ1) is 24.4. The fourth-order valence-electron chi connectivity index (χ4n) is 7.21. The molecule has 0 saturated heterocycles. The van der Waals surface area contributed by atoms with Crippen molar-refractivity contribution in [1.82, 2.24) is 15.0 Å². The Bertz CT molecular complexity index is 2550. The Kier molecular flexibility index (Phi) is 6.85. The molecule has 6 nitrogen and oxygen atoms in total. The number of hydrazone groups is 1. The van der Waals surface area contributed by atoms with Gasteiger partial charge >= 0.3 is 0 Å². The van der Waals surface area contributed by atoms with E-state index in [0.717, 1.165) is 44.3 Å². The van der Waals surface area contributed by atoms with Gasteiger partial charge in [-0.25, -0.2) is 15.0 Å². The van der Waals surface area contributed by atoms with Gasteiger partial charge in [0.1, 0.15) is 5.71 Å². The second-order valence-corrected chi connectivity index (χ2v) is 13.3. The zero-order valence-corrected chi connectivity index (χ0v) is 27.6. The molecule has 0 unspecified atom stereocenters. The van der Waals surface area contributed by atoms with Crippen molar-refractivity contribution in [2.75, 3.05) is 5.43 Å². The molecule has 6 heteroatoms. The van der Waals surface area contributed by atoms with Crippen LogP contribution in [-0.2, 0) is 5.41 Å². The number of nitrogens with one attached hydrogen (secondary N) is 2. The number of aromatic nitrogens is 3. The minimum Gasteiger partial charge on any atom is -0.298 e. The number of hydrogen-bond donors (Lipinski definition) is 2. The Labute approximate surface area is 290 Å². The predicted octanol–water partition coefficient (Wildman–Crippen LogP) is 10.2. The highest BCUT2D eigenvalue weighted by Gasteiger charge is 2.35. The van der Waals surface area contributed by atoms with E-state index in [-0.39, 0.29) is 5.41 Å². The fraction of sp³-hybridized carbons (Fsp3) is 0.0682. The normalized spacial score (nSPS) is 14.8. The quantitative estimate of drug-likeness (QED) is 0.183. The summed E-state index contributed by atoms with van der Waals surface area (Å²) in [5.41, 5.74) is 14.4. The second kappa shape index (κ2) is 11.6. The molecule has 2 aliphatic rings. The average molecular weight is 645 g/mol. The molecule has 2 aliphatic carbocycles. The van der Waals surface area contributed by atoms with Crippen LogP contribution in [0.1, 0.15) is 36.1 Å². The molecule has 0 atom stereocenters. The molecule has 50 heavy (non-hydrogen) atoms. The van der Waals surface area contributed by atoms with Crippen LogP contribution in [0, 0.1) is 5.41 Å². The lowest BCUT2D eigenvalue weighted by atomic mass is 9.82. The maximum absolute atomic E-state index is 9.22. The lowest BCUT2D eigenvalue weighted by molar-refractivity contribution is 0.660. The van der Waals surface area contributed by atoms with Gasteiger partial charge in [0.2, 0.25) is 0 Å². The van der Waals surface area contributed by atoms with Gasteiger partial charge in [-0.05, 0) is 68.9 Å². The topological polar surface area (TPSA) is 86.9 Å². The smallest absolute Gasteiger partial charge is 0.164 e. The lowest BCUT2D eigenvalue weighted by Gasteiger charge is -2.21. The first-order valence-corrected chi connectivity index (χ1v) is 16.7. The van der Waals surface area contributed by atoms with Crippen LogP contribution in [0.5, 0.6) is 0 Å². The molecule has 6 aromatic carbocycles. The van der Waals surface area contributed by atoms with Crippen molar-refractivity contribution in [3.63, 3.8) is 0 Å². The fourth-order valence-corrected chi connectivity index (χ4v) is 7.21. The minimum atomic E-state index is -0.0841. The largest absolute Gasteiger partial charge is 0.298 e. The van der Waals surface area contributed by atoms with E-state index in [1.807, 2.05) is 72.8 Å². The van der Waals surface area contributed by atoms with Crippen molar-refractivity contribution in [3.8, 4) is 45.3 Å².